The number of nitrogens with one attached hydrogen (secondary N) is 2. The lowest BCUT2D eigenvalue weighted by molar-refractivity contribution is -0.145. The molecular weight excluding hydrogens is 192 g/mol. The van der Waals surface area contributed by atoms with E-state index in [1.807, 2.05) is 20.8 Å². The molecule has 0 bridgehead atoms. The first-order valence-electron chi connectivity index (χ1n) is 5.51. The highest BCUT2D eigenvalue weighted by atomic mass is 16.7. The number of amides is 1. The minimum Gasteiger partial charge on any atom is -0.315 e. The second-order valence-electron chi connectivity index (χ2n) is 4.95. The Kier molecular flexibility index (Phi) is 6.52. The molecule has 1 amide bonds. The highest BCUT2D eigenvalue weighted by molar-refractivity contribution is 5.74. The first kappa shape index (κ1) is 14.4. The fourth-order valence-electron chi connectivity index (χ4n) is 0.901. The largest absolute Gasteiger partial charge is 0.315 e. The van der Waals surface area contributed by atoms with Gasteiger partial charge in [-0.1, -0.05) is 13.8 Å². The Balaban J connectivity index is 3.42. The Bertz CT molecular complexity index is 186. The van der Waals surface area contributed by atoms with Gasteiger partial charge in [0.25, 0.3) is 0 Å². The van der Waals surface area contributed by atoms with E-state index in [-0.39, 0.29) is 11.5 Å². The zero-order valence-electron chi connectivity index (χ0n) is 10.5. The first-order valence-corrected chi connectivity index (χ1v) is 5.51. The van der Waals surface area contributed by atoms with Crippen LogP contribution in [0, 0.1) is 0 Å². The third kappa shape index (κ3) is 11.3. The van der Waals surface area contributed by atoms with Gasteiger partial charge in [0.1, 0.15) is 0 Å². The van der Waals surface area contributed by atoms with E-state index in [1.54, 1.807) is 0 Å². The molecule has 0 aromatic carbocycles. The number of carbonyl (C=O) groups is 1. The number of hydroxylamine groups is 1. The van der Waals surface area contributed by atoms with Gasteiger partial charge in [-0.25, -0.2) is 5.48 Å². The fraction of sp³-hybridized carbons (Fsp3) is 0.909. The lowest BCUT2D eigenvalue weighted by Gasteiger charge is -2.18. The van der Waals surface area contributed by atoms with Crippen molar-refractivity contribution < 1.29 is 9.63 Å². The highest BCUT2D eigenvalue weighted by Crippen LogP contribution is 2.03. The summed E-state index contributed by atoms with van der Waals surface area (Å²) >= 11 is 0. The molecule has 4 heteroatoms. The second-order valence-corrected chi connectivity index (χ2v) is 4.95. The SMILES string of the molecule is CC(C)NCCCC(=O)NOC(C)(C)C. The van der Waals surface area contributed by atoms with Gasteiger partial charge in [-0.3, -0.25) is 9.63 Å². The molecule has 90 valence electrons. The van der Waals surface area contributed by atoms with Crippen LogP contribution < -0.4 is 10.8 Å². The van der Waals surface area contributed by atoms with Crippen molar-refractivity contribution >= 4 is 5.91 Å². The van der Waals surface area contributed by atoms with Crippen molar-refractivity contribution in [2.24, 2.45) is 0 Å². The van der Waals surface area contributed by atoms with E-state index < -0.39 is 0 Å². The number of carbonyl (C=O) groups excluding carboxylic acids is 1. The number of hydrogen-bond donors (Lipinski definition) is 2. The molecule has 0 aliphatic carbocycles. The van der Waals surface area contributed by atoms with E-state index in [1.165, 1.54) is 0 Å². The van der Waals surface area contributed by atoms with Crippen LogP contribution in [0.25, 0.3) is 0 Å². The van der Waals surface area contributed by atoms with Crippen LogP contribution >= 0.6 is 0 Å². The number of rotatable bonds is 6. The fourth-order valence-corrected chi connectivity index (χ4v) is 0.901. The third-order valence-electron chi connectivity index (χ3n) is 1.60. The van der Waals surface area contributed by atoms with Crippen molar-refractivity contribution in [3.8, 4) is 0 Å². The summed E-state index contributed by atoms with van der Waals surface area (Å²) in [7, 11) is 0. The minimum atomic E-state index is -0.328. The van der Waals surface area contributed by atoms with Gasteiger partial charge in [0.15, 0.2) is 0 Å². The van der Waals surface area contributed by atoms with E-state index in [0.29, 0.717) is 12.5 Å². The summed E-state index contributed by atoms with van der Waals surface area (Å²) in [5.41, 5.74) is 2.12. The molecular formula is C11H24N2O2. The van der Waals surface area contributed by atoms with Gasteiger partial charge in [0.05, 0.1) is 5.60 Å². The van der Waals surface area contributed by atoms with Gasteiger partial charge in [0.2, 0.25) is 5.91 Å². The van der Waals surface area contributed by atoms with Crippen molar-refractivity contribution in [1.82, 2.24) is 10.8 Å². The predicted octanol–water partition coefficient (Wildman–Crippen LogP) is 1.61. The van der Waals surface area contributed by atoms with Gasteiger partial charge >= 0.3 is 0 Å². The zero-order valence-corrected chi connectivity index (χ0v) is 10.5. The van der Waals surface area contributed by atoms with E-state index in [0.717, 1.165) is 13.0 Å². The van der Waals surface area contributed by atoms with Crippen molar-refractivity contribution in [1.29, 1.82) is 0 Å². The molecule has 0 saturated heterocycles. The van der Waals surface area contributed by atoms with E-state index in [2.05, 4.69) is 24.6 Å². The molecule has 0 aliphatic heterocycles. The molecule has 0 aromatic rings. The molecule has 0 heterocycles. The van der Waals surface area contributed by atoms with Gasteiger partial charge in [-0.2, -0.15) is 0 Å². The molecule has 0 fully saturated rings. The molecule has 0 unspecified atom stereocenters. The lowest BCUT2D eigenvalue weighted by atomic mass is 10.2. The van der Waals surface area contributed by atoms with Crippen molar-refractivity contribution in [3.63, 3.8) is 0 Å². The van der Waals surface area contributed by atoms with Crippen LogP contribution in [-0.4, -0.2) is 24.1 Å². The van der Waals surface area contributed by atoms with Gasteiger partial charge in [0, 0.05) is 12.5 Å². The Labute approximate surface area is 92.7 Å². The number of hydrogen-bond acceptors (Lipinski definition) is 3. The Morgan fingerprint density at radius 1 is 1.33 bits per heavy atom. The summed E-state index contributed by atoms with van der Waals surface area (Å²) in [6, 6.07) is 0.471. The summed E-state index contributed by atoms with van der Waals surface area (Å²) in [5.74, 6) is -0.0597. The summed E-state index contributed by atoms with van der Waals surface area (Å²) in [4.78, 5) is 16.4. The van der Waals surface area contributed by atoms with Crippen LogP contribution in [0.1, 0.15) is 47.5 Å². The van der Waals surface area contributed by atoms with Crippen LogP contribution in [0.4, 0.5) is 0 Å². The highest BCUT2D eigenvalue weighted by Gasteiger charge is 2.12. The molecule has 0 aliphatic rings. The van der Waals surface area contributed by atoms with Crippen molar-refractivity contribution in [2.75, 3.05) is 6.54 Å². The zero-order chi connectivity index (χ0) is 11.9. The molecule has 4 nitrogen and oxygen atoms in total. The van der Waals surface area contributed by atoms with Crippen LogP contribution in [0.5, 0.6) is 0 Å². The topological polar surface area (TPSA) is 50.4 Å². The predicted molar refractivity (Wildman–Crippen MR) is 61.4 cm³/mol. The summed E-state index contributed by atoms with van der Waals surface area (Å²) in [6.07, 6.45) is 1.33. The molecule has 0 saturated carbocycles. The average Bonchev–Trinajstić information content (AvgIpc) is 2.07. The third-order valence-corrected chi connectivity index (χ3v) is 1.60. The maximum absolute atomic E-state index is 11.3. The van der Waals surface area contributed by atoms with Crippen LogP contribution in [0.2, 0.25) is 0 Å². The van der Waals surface area contributed by atoms with Gasteiger partial charge in [-0.05, 0) is 33.7 Å². The first-order chi connectivity index (χ1) is 6.81. The molecule has 0 rings (SSSR count). The van der Waals surface area contributed by atoms with E-state index in [4.69, 9.17) is 4.84 Å². The molecule has 2 N–H and O–H groups in total. The van der Waals surface area contributed by atoms with Crippen molar-refractivity contribution in [3.05, 3.63) is 0 Å². The Morgan fingerprint density at radius 2 is 1.93 bits per heavy atom. The normalized spacial score (nSPS) is 11.9. The maximum atomic E-state index is 11.3. The quantitative estimate of drug-likeness (QED) is 0.524. The van der Waals surface area contributed by atoms with E-state index in [9.17, 15) is 4.79 Å². The van der Waals surface area contributed by atoms with Crippen LogP contribution in [0.15, 0.2) is 0 Å². The molecule has 0 aromatic heterocycles. The summed E-state index contributed by atoms with van der Waals surface area (Å²) in [6.45, 7) is 10.7. The summed E-state index contributed by atoms with van der Waals surface area (Å²) in [5, 5.41) is 3.25. The summed E-state index contributed by atoms with van der Waals surface area (Å²) < 4.78 is 0. The standard InChI is InChI=1S/C11H24N2O2/c1-9(2)12-8-6-7-10(14)13-15-11(3,4)5/h9,12H,6-8H2,1-5H3,(H,13,14). The molecule has 0 atom stereocenters. The molecule has 15 heavy (non-hydrogen) atoms. The molecule has 0 spiro atoms. The second kappa shape index (κ2) is 6.80. The average molecular weight is 216 g/mol. The Morgan fingerprint density at radius 3 is 2.40 bits per heavy atom. The van der Waals surface area contributed by atoms with Gasteiger partial charge in [-0.15, -0.1) is 0 Å². The monoisotopic (exact) mass is 216 g/mol. The molecule has 0 radical (unpaired) electrons. The maximum Gasteiger partial charge on any atom is 0.243 e. The van der Waals surface area contributed by atoms with E-state index >= 15 is 0 Å². The Hall–Kier alpha value is -0.610. The minimum absolute atomic E-state index is 0.0597. The smallest absolute Gasteiger partial charge is 0.243 e. The van der Waals surface area contributed by atoms with Crippen LogP contribution in [0.3, 0.4) is 0 Å². The van der Waals surface area contributed by atoms with Crippen molar-refractivity contribution in [2.45, 2.75) is 59.1 Å². The lowest BCUT2D eigenvalue weighted by Crippen LogP contribution is -2.34. The van der Waals surface area contributed by atoms with Gasteiger partial charge < -0.3 is 5.32 Å². The van der Waals surface area contributed by atoms with Crippen LogP contribution in [-0.2, 0) is 9.63 Å².